The van der Waals surface area contributed by atoms with E-state index in [1.165, 1.54) is 19.3 Å². The molecule has 1 aliphatic heterocycles. The maximum atomic E-state index is 5.86. The quantitative estimate of drug-likeness (QED) is 0.933. The second-order valence-electron chi connectivity index (χ2n) is 6.07. The highest BCUT2D eigenvalue weighted by Crippen LogP contribution is 2.47. The Morgan fingerprint density at radius 3 is 3.09 bits per heavy atom. The molecule has 6 nitrogen and oxygen atoms in total. The summed E-state index contributed by atoms with van der Waals surface area (Å²) >= 11 is 0. The summed E-state index contributed by atoms with van der Waals surface area (Å²) in [5, 5.41) is 3.41. The molecule has 0 spiro atoms. The Balaban J connectivity index is 1.50. The van der Waals surface area contributed by atoms with Crippen LogP contribution >= 0.6 is 0 Å². The molecule has 114 valence electrons. The van der Waals surface area contributed by atoms with Crippen molar-refractivity contribution in [3.8, 4) is 11.4 Å². The highest BCUT2D eigenvalue weighted by Gasteiger charge is 2.47. The topological polar surface area (TPSA) is 72.8 Å². The van der Waals surface area contributed by atoms with Gasteiger partial charge in [0.1, 0.15) is 5.69 Å². The van der Waals surface area contributed by atoms with Crippen molar-refractivity contribution in [1.82, 2.24) is 19.9 Å². The van der Waals surface area contributed by atoms with Crippen molar-refractivity contribution in [1.29, 1.82) is 0 Å². The fourth-order valence-electron chi connectivity index (χ4n) is 3.62. The average Bonchev–Trinajstić information content (AvgIpc) is 3.14. The van der Waals surface area contributed by atoms with Gasteiger partial charge in [-0.1, -0.05) is 6.42 Å². The first-order chi connectivity index (χ1) is 10.9. The van der Waals surface area contributed by atoms with Crippen LogP contribution in [0, 0.1) is 5.41 Å². The van der Waals surface area contributed by atoms with Gasteiger partial charge in [0, 0.05) is 37.2 Å². The van der Waals surface area contributed by atoms with Crippen LogP contribution in [0.5, 0.6) is 0 Å². The lowest BCUT2D eigenvalue weighted by Gasteiger charge is -2.27. The van der Waals surface area contributed by atoms with Crippen molar-refractivity contribution in [3.63, 3.8) is 0 Å². The molecule has 0 radical (unpaired) electrons. The molecule has 2 unspecified atom stereocenters. The third-order valence-corrected chi connectivity index (χ3v) is 4.82. The van der Waals surface area contributed by atoms with Crippen molar-refractivity contribution in [2.24, 2.45) is 5.41 Å². The highest BCUT2D eigenvalue weighted by atomic mass is 16.5. The molecule has 0 amide bonds. The van der Waals surface area contributed by atoms with Gasteiger partial charge >= 0.3 is 0 Å². The fourth-order valence-corrected chi connectivity index (χ4v) is 3.62. The predicted molar refractivity (Wildman–Crippen MR) is 82.2 cm³/mol. The van der Waals surface area contributed by atoms with Gasteiger partial charge < -0.3 is 10.1 Å². The molecular formula is C16H19N5O. The molecule has 1 aliphatic carbocycles. The molecule has 6 heteroatoms. The summed E-state index contributed by atoms with van der Waals surface area (Å²) < 4.78 is 5.86. The first-order valence-electron chi connectivity index (χ1n) is 7.81. The SMILES string of the molecule is c1cnc(-c2ccnc(NCC34CCCC3OCC4)n2)cn1. The van der Waals surface area contributed by atoms with E-state index in [2.05, 4.69) is 25.3 Å². The molecule has 4 rings (SSSR count). The Hall–Kier alpha value is -2.08. The molecule has 1 saturated heterocycles. The van der Waals surface area contributed by atoms with Crippen LogP contribution in [0.2, 0.25) is 0 Å². The van der Waals surface area contributed by atoms with E-state index >= 15 is 0 Å². The van der Waals surface area contributed by atoms with E-state index in [1.807, 2.05) is 6.07 Å². The highest BCUT2D eigenvalue weighted by molar-refractivity contribution is 5.53. The summed E-state index contributed by atoms with van der Waals surface area (Å²) in [7, 11) is 0. The number of nitrogens with one attached hydrogen (secondary N) is 1. The zero-order valence-electron chi connectivity index (χ0n) is 12.4. The van der Waals surface area contributed by atoms with Crippen LogP contribution in [0.25, 0.3) is 11.4 Å². The average molecular weight is 297 g/mol. The van der Waals surface area contributed by atoms with Gasteiger partial charge in [0.05, 0.1) is 18.0 Å². The maximum Gasteiger partial charge on any atom is 0.223 e. The number of ether oxygens (including phenoxy) is 1. The second kappa shape index (κ2) is 5.61. The molecule has 1 N–H and O–H groups in total. The number of hydrogen-bond donors (Lipinski definition) is 1. The molecule has 0 bridgehead atoms. The maximum absolute atomic E-state index is 5.86. The van der Waals surface area contributed by atoms with Gasteiger partial charge in [0.2, 0.25) is 5.95 Å². The zero-order chi connectivity index (χ0) is 14.8. The molecule has 2 aromatic heterocycles. The van der Waals surface area contributed by atoms with Gasteiger partial charge in [-0.05, 0) is 25.3 Å². The van der Waals surface area contributed by atoms with E-state index < -0.39 is 0 Å². The summed E-state index contributed by atoms with van der Waals surface area (Å²) in [4.78, 5) is 17.2. The van der Waals surface area contributed by atoms with Gasteiger partial charge in [-0.15, -0.1) is 0 Å². The predicted octanol–water partition coefficient (Wildman–Crippen LogP) is 2.30. The van der Waals surface area contributed by atoms with Crippen LogP contribution in [0.1, 0.15) is 25.7 Å². The van der Waals surface area contributed by atoms with Gasteiger partial charge in [0.15, 0.2) is 0 Å². The molecular weight excluding hydrogens is 278 g/mol. The van der Waals surface area contributed by atoms with Crippen molar-refractivity contribution >= 4 is 5.95 Å². The normalized spacial score (nSPS) is 26.8. The van der Waals surface area contributed by atoms with Crippen molar-refractivity contribution in [2.75, 3.05) is 18.5 Å². The summed E-state index contributed by atoms with van der Waals surface area (Å²) in [5.41, 5.74) is 1.81. The van der Waals surface area contributed by atoms with Crippen LogP contribution in [0.3, 0.4) is 0 Å². The second-order valence-corrected chi connectivity index (χ2v) is 6.07. The minimum absolute atomic E-state index is 0.270. The van der Waals surface area contributed by atoms with Crippen LogP contribution in [-0.4, -0.2) is 39.2 Å². The summed E-state index contributed by atoms with van der Waals surface area (Å²) in [5.74, 6) is 0.648. The molecule has 2 aliphatic rings. The lowest BCUT2D eigenvalue weighted by Crippen LogP contribution is -2.33. The minimum atomic E-state index is 0.270. The molecule has 2 aromatic rings. The third-order valence-electron chi connectivity index (χ3n) is 4.82. The Labute approximate surface area is 129 Å². The van der Waals surface area contributed by atoms with E-state index in [9.17, 15) is 0 Å². The van der Waals surface area contributed by atoms with Crippen LogP contribution in [-0.2, 0) is 4.74 Å². The molecule has 1 saturated carbocycles. The Morgan fingerprint density at radius 2 is 2.18 bits per heavy atom. The third kappa shape index (κ3) is 2.43. The zero-order valence-corrected chi connectivity index (χ0v) is 12.4. The number of nitrogens with zero attached hydrogens (tertiary/aromatic N) is 4. The number of hydrogen-bond acceptors (Lipinski definition) is 6. The van der Waals surface area contributed by atoms with Crippen molar-refractivity contribution in [3.05, 3.63) is 30.9 Å². The van der Waals surface area contributed by atoms with Crippen LogP contribution in [0.15, 0.2) is 30.9 Å². The summed E-state index contributed by atoms with van der Waals surface area (Å²) in [6.07, 6.45) is 12.0. The molecule has 22 heavy (non-hydrogen) atoms. The van der Waals surface area contributed by atoms with E-state index in [1.54, 1.807) is 24.8 Å². The number of anilines is 1. The molecule has 0 aromatic carbocycles. The lowest BCUT2D eigenvalue weighted by atomic mass is 9.83. The molecule has 2 atom stereocenters. The first kappa shape index (κ1) is 13.6. The van der Waals surface area contributed by atoms with E-state index in [4.69, 9.17) is 4.74 Å². The smallest absolute Gasteiger partial charge is 0.223 e. The van der Waals surface area contributed by atoms with E-state index in [-0.39, 0.29) is 5.41 Å². The first-order valence-corrected chi connectivity index (χ1v) is 7.81. The Kier molecular flexibility index (Phi) is 3.46. The Morgan fingerprint density at radius 1 is 1.18 bits per heavy atom. The largest absolute Gasteiger partial charge is 0.378 e. The number of rotatable bonds is 4. The molecule has 3 heterocycles. The minimum Gasteiger partial charge on any atom is -0.378 e. The lowest BCUT2D eigenvalue weighted by molar-refractivity contribution is 0.0749. The van der Waals surface area contributed by atoms with Gasteiger partial charge in [-0.2, -0.15) is 0 Å². The Bertz CT molecular complexity index is 638. The van der Waals surface area contributed by atoms with Crippen LogP contribution in [0.4, 0.5) is 5.95 Å². The van der Waals surface area contributed by atoms with Gasteiger partial charge in [0.25, 0.3) is 0 Å². The molecule has 2 fully saturated rings. The standard InChI is InChI=1S/C16H19N5O/c1-2-14-16(4-1,5-9-22-14)11-20-15-19-6-3-12(21-15)13-10-17-7-8-18-13/h3,6-8,10,14H,1-2,4-5,9,11H2,(H,19,20,21). The van der Waals surface area contributed by atoms with E-state index in [0.29, 0.717) is 12.1 Å². The van der Waals surface area contributed by atoms with Crippen LogP contribution < -0.4 is 5.32 Å². The fraction of sp³-hybridized carbons (Fsp3) is 0.500. The van der Waals surface area contributed by atoms with Gasteiger partial charge in [-0.25, -0.2) is 9.97 Å². The van der Waals surface area contributed by atoms with Crippen molar-refractivity contribution < 1.29 is 4.74 Å². The van der Waals surface area contributed by atoms with E-state index in [0.717, 1.165) is 31.0 Å². The monoisotopic (exact) mass is 297 g/mol. The number of fused-ring (bicyclic) bond motifs is 1. The summed E-state index contributed by atoms with van der Waals surface area (Å²) in [6, 6.07) is 1.85. The van der Waals surface area contributed by atoms with Gasteiger partial charge in [-0.3, -0.25) is 9.97 Å². The number of aromatic nitrogens is 4. The summed E-state index contributed by atoms with van der Waals surface area (Å²) in [6.45, 7) is 1.76. The van der Waals surface area contributed by atoms with Crippen molar-refractivity contribution in [2.45, 2.75) is 31.8 Å².